The van der Waals surface area contributed by atoms with E-state index in [1.54, 1.807) is 0 Å². The van der Waals surface area contributed by atoms with Crippen LogP contribution in [-0.2, 0) is 4.79 Å². The number of thioether (sulfide) groups is 1. The molecule has 2 N–H and O–H groups in total. The van der Waals surface area contributed by atoms with Crippen LogP contribution in [0.25, 0.3) is 10.4 Å². The van der Waals surface area contributed by atoms with E-state index in [0.717, 1.165) is 37.9 Å². The Bertz CT molecular complexity index is 453. The smallest absolute Gasteiger partial charge is 0.315 e. The number of rotatable bonds is 10. The van der Waals surface area contributed by atoms with Gasteiger partial charge in [-0.1, -0.05) is 11.5 Å². The molecule has 7 nitrogen and oxygen atoms in total. The van der Waals surface area contributed by atoms with Crippen molar-refractivity contribution in [3.63, 3.8) is 0 Å². The minimum Gasteiger partial charge on any atom is -0.332 e. The molecule has 0 radical (unpaired) electrons. The van der Waals surface area contributed by atoms with Gasteiger partial charge in [0.2, 0.25) is 0 Å². The number of carbonyl (C=O) groups excluding carboxylic acids is 2. The van der Waals surface area contributed by atoms with Crippen molar-refractivity contribution in [3.05, 3.63) is 10.4 Å². The summed E-state index contributed by atoms with van der Waals surface area (Å²) in [6, 6.07) is 0.491. The molecule has 2 aliphatic heterocycles. The fraction of sp³-hybridized carbons (Fsp3) is 0.857. The van der Waals surface area contributed by atoms with Gasteiger partial charge in [0.15, 0.2) is 0 Å². The number of azide groups is 1. The Kier molecular flexibility index (Phi) is 6.86. The molecule has 2 aliphatic rings. The lowest BCUT2D eigenvalue weighted by Crippen LogP contribution is -2.36. The van der Waals surface area contributed by atoms with E-state index in [0.29, 0.717) is 30.4 Å². The molecule has 22 heavy (non-hydrogen) atoms. The van der Waals surface area contributed by atoms with Gasteiger partial charge in [0, 0.05) is 35.3 Å². The van der Waals surface area contributed by atoms with Crippen molar-refractivity contribution in [1.82, 2.24) is 10.6 Å². The molecule has 8 heteroatoms. The molecule has 2 heterocycles. The standard InChI is InChI=1S/C14H23N5O2S/c15-19-16-8-4-3-6-10(20)5-1-2-7-12-13-11(9-22-12)17-14(21)18-13/h11-13H,1-9H2,(H2,17,18,21)/t11-,12-,13-/m0/s1. The first kappa shape index (κ1) is 17.0. The average molecular weight is 325 g/mol. The molecule has 0 spiro atoms. The quantitative estimate of drug-likeness (QED) is 0.212. The van der Waals surface area contributed by atoms with Crippen molar-refractivity contribution in [2.24, 2.45) is 5.11 Å². The number of nitrogens with zero attached hydrogens (tertiary/aromatic N) is 3. The van der Waals surface area contributed by atoms with Gasteiger partial charge in [-0.25, -0.2) is 4.79 Å². The summed E-state index contributed by atoms with van der Waals surface area (Å²) in [7, 11) is 0. The largest absolute Gasteiger partial charge is 0.332 e. The average Bonchev–Trinajstić information content (AvgIpc) is 3.03. The third-order valence-electron chi connectivity index (χ3n) is 4.16. The number of urea groups is 1. The minimum atomic E-state index is -0.0452. The molecule has 0 unspecified atom stereocenters. The zero-order valence-corrected chi connectivity index (χ0v) is 13.5. The van der Waals surface area contributed by atoms with E-state index in [-0.39, 0.29) is 18.1 Å². The summed E-state index contributed by atoms with van der Waals surface area (Å²) < 4.78 is 0. The molecule has 2 amide bonds. The molecule has 0 saturated carbocycles. The lowest BCUT2D eigenvalue weighted by Gasteiger charge is -2.16. The van der Waals surface area contributed by atoms with Crippen LogP contribution >= 0.6 is 11.8 Å². The molecule has 0 bridgehead atoms. The van der Waals surface area contributed by atoms with Crippen LogP contribution in [0.5, 0.6) is 0 Å². The zero-order valence-electron chi connectivity index (χ0n) is 12.7. The van der Waals surface area contributed by atoms with Gasteiger partial charge < -0.3 is 10.6 Å². The third kappa shape index (κ3) is 5.10. The Morgan fingerprint density at radius 3 is 2.82 bits per heavy atom. The molecule has 2 rings (SSSR count). The molecule has 0 aromatic carbocycles. The number of unbranched alkanes of at least 4 members (excludes halogenated alkanes) is 2. The van der Waals surface area contributed by atoms with Crippen LogP contribution in [0.2, 0.25) is 0 Å². The van der Waals surface area contributed by atoms with E-state index in [1.807, 2.05) is 11.8 Å². The summed E-state index contributed by atoms with van der Waals surface area (Å²) in [6.45, 7) is 0.477. The van der Waals surface area contributed by atoms with E-state index in [9.17, 15) is 9.59 Å². The summed E-state index contributed by atoms with van der Waals surface area (Å²) in [6.07, 6.45) is 5.81. The fourth-order valence-electron chi connectivity index (χ4n) is 2.99. The first-order valence-electron chi connectivity index (χ1n) is 7.92. The van der Waals surface area contributed by atoms with Crippen molar-refractivity contribution < 1.29 is 9.59 Å². The van der Waals surface area contributed by atoms with Crippen LogP contribution in [0, 0.1) is 0 Å². The van der Waals surface area contributed by atoms with Gasteiger partial charge in [0.1, 0.15) is 5.78 Å². The second-order valence-corrected chi connectivity index (χ2v) is 7.09. The topological polar surface area (TPSA) is 107 Å². The Balaban J connectivity index is 1.51. The maximum absolute atomic E-state index is 11.7. The summed E-state index contributed by atoms with van der Waals surface area (Å²) in [5.41, 5.74) is 8.14. The number of hydrogen-bond donors (Lipinski definition) is 2. The normalized spacial score (nSPS) is 26.0. The zero-order chi connectivity index (χ0) is 15.8. The van der Waals surface area contributed by atoms with Crippen molar-refractivity contribution in [2.75, 3.05) is 12.3 Å². The van der Waals surface area contributed by atoms with Gasteiger partial charge in [-0.2, -0.15) is 11.8 Å². The van der Waals surface area contributed by atoms with E-state index in [1.165, 1.54) is 0 Å². The molecule has 2 fully saturated rings. The lowest BCUT2D eigenvalue weighted by molar-refractivity contribution is -0.119. The number of amides is 2. The van der Waals surface area contributed by atoms with Gasteiger partial charge in [0.05, 0.1) is 12.1 Å². The van der Waals surface area contributed by atoms with Gasteiger partial charge in [-0.15, -0.1) is 0 Å². The van der Waals surface area contributed by atoms with E-state index < -0.39 is 0 Å². The van der Waals surface area contributed by atoms with Crippen LogP contribution in [0.4, 0.5) is 4.79 Å². The highest BCUT2D eigenvalue weighted by atomic mass is 32.2. The van der Waals surface area contributed by atoms with Gasteiger partial charge in [-0.3, -0.25) is 4.79 Å². The highest BCUT2D eigenvalue weighted by Gasteiger charge is 2.42. The van der Waals surface area contributed by atoms with Gasteiger partial charge >= 0.3 is 6.03 Å². The van der Waals surface area contributed by atoms with Crippen LogP contribution in [0.1, 0.15) is 44.9 Å². The molecular weight excluding hydrogens is 302 g/mol. The molecule has 0 aromatic heterocycles. The Labute approximate surface area is 134 Å². The Hall–Kier alpha value is -1.40. The van der Waals surface area contributed by atoms with E-state index in [4.69, 9.17) is 5.53 Å². The predicted molar refractivity (Wildman–Crippen MR) is 86.8 cm³/mol. The fourth-order valence-corrected chi connectivity index (χ4v) is 4.53. The highest BCUT2D eigenvalue weighted by molar-refractivity contribution is 8.00. The minimum absolute atomic E-state index is 0.0452. The number of fused-ring (bicyclic) bond motifs is 1. The molecular formula is C14H23N5O2S. The second-order valence-electron chi connectivity index (χ2n) is 5.82. The molecule has 122 valence electrons. The third-order valence-corrected chi connectivity index (χ3v) is 5.67. The first-order valence-corrected chi connectivity index (χ1v) is 8.97. The van der Waals surface area contributed by atoms with Crippen LogP contribution < -0.4 is 10.6 Å². The highest BCUT2D eigenvalue weighted by Crippen LogP contribution is 2.33. The van der Waals surface area contributed by atoms with Gasteiger partial charge in [-0.05, 0) is 31.2 Å². The Morgan fingerprint density at radius 2 is 2.05 bits per heavy atom. The molecule has 2 saturated heterocycles. The monoisotopic (exact) mass is 325 g/mol. The summed E-state index contributed by atoms with van der Waals surface area (Å²) in [5.74, 6) is 1.28. The van der Waals surface area contributed by atoms with E-state index >= 15 is 0 Å². The predicted octanol–water partition coefficient (Wildman–Crippen LogP) is 2.76. The van der Waals surface area contributed by atoms with Crippen LogP contribution in [0.3, 0.4) is 0 Å². The summed E-state index contributed by atoms with van der Waals surface area (Å²) in [4.78, 5) is 25.7. The van der Waals surface area contributed by atoms with Crippen molar-refractivity contribution in [1.29, 1.82) is 0 Å². The number of nitrogens with one attached hydrogen (secondary N) is 2. The van der Waals surface area contributed by atoms with Crippen molar-refractivity contribution in [2.45, 2.75) is 62.3 Å². The van der Waals surface area contributed by atoms with Crippen LogP contribution in [0.15, 0.2) is 5.11 Å². The van der Waals surface area contributed by atoms with Crippen molar-refractivity contribution in [3.8, 4) is 0 Å². The maximum Gasteiger partial charge on any atom is 0.315 e. The summed E-state index contributed by atoms with van der Waals surface area (Å²) in [5, 5.41) is 9.85. The SMILES string of the molecule is [N-]=[N+]=NCCCCC(=O)CCCC[C@@H]1SC[C@@H]2NC(=O)N[C@@H]21. The molecule has 0 aromatic rings. The van der Waals surface area contributed by atoms with E-state index in [2.05, 4.69) is 20.7 Å². The maximum atomic E-state index is 11.7. The number of ketones is 1. The molecule has 3 atom stereocenters. The van der Waals surface area contributed by atoms with Gasteiger partial charge in [0.25, 0.3) is 0 Å². The lowest BCUT2D eigenvalue weighted by atomic mass is 10.0. The van der Waals surface area contributed by atoms with Crippen LogP contribution in [-0.4, -0.2) is 41.4 Å². The number of Topliss-reactive ketones (excluding diaryl/α,β-unsaturated/α-hetero) is 1. The Morgan fingerprint density at radius 1 is 1.27 bits per heavy atom. The number of hydrogen-bond acceptors (Lipinski definition) is 4. The molecule has 0 aliphatic carbocycles. The van der Waals surface area contributed by atoms with Crippen molar-refractivity contribution >= 4 is 23.6 Å². The summed E-state index contributed by atoms with van der Waals surface area (Å²) >= 11 is 1.91. The first-order chi connectivity index (χ1) is 10.7. The second kappa shape index (κ2) is 8.90. The number of carbonyl (C=O) groups is 2.